The van der Waals surface area contributed by atoms with Gasteiger partial charge in [0.1, 0.15) is 17.1 Å². The molecule has 1 aromatic heterocycles. The van der Waals surface area contributed by atoms with Crippen molar-refractivity contribution in [2.75, 3.05) is 29.9 Å². The van der Waals surface area contributed by atoms with Gasteiger partial charge in [-0.3, -0.25) is 4.79 Å². The third-order valence-corrected chi connectivity index (χ3v) is 4.96. The molecule has 2 heterocycles. The fraction of sp³-hybridized carbons (Fsp3) is 0.304. The zero-order valence-electron chi connectivity index (χ0n) is 16.4. The lowest BCUT2D eigenvalue weighted by atomic mass is 10.1. The lowest BCUT2D eigenvalue weighted by Gasteiger charge is -2.17. The van der Waals surface area contributed by atoms with Crippen molar-refractivity contribution in [3.8, 4) is 5.75 Å². The van der Waals surface area contributed by atoms with Gasteiger partial charge in [-0.05, 0) is 68.1 Å². The molecular formula is C23H25N3O2. The number of para-hydroxylation sites is 1. The molecule has 5 heteroatoms. The summed E-state index contributed by atoms with van der Waals surface area (Å²) in [5.74, 6) is 1.42. The van der Waals surface area contributed by atoms with E-state index in [2.05, 4.69) is 28.4 Å². The predicted octanol–water partition coefficient (Wildman–Crippen LogP) is 4.47. The van der Waals surface area contributed by atoms with Gasteiger partial charge < -0.3 is 15.0 Å². The summed E-state index contributed by atoms with van der Waals surface area (Å²) < 4.78 is 5.84. The van der Waals surface area contributed by atoms with Gasteiger partial charge in [0.25, 0.3) is 5.91 Å². The van der Waals surface area contributed by atoms with E-state index in [-0.39, 0.29) is 12.5 Å². The molecule has 1 N–H and O–H groups in total. The number of carbonyl (C=O) groups excluding carboxylic acids is 1. The first kappa shape index (κ1) is 18.3. The Morgan fingerprint density at radius 3 is 2.57 bits per heavy atom. The molecule has 1 fully saturated rings. The minimum absolute atomic E-state index is 0.0538. The monoisotopic (exact) mass is 375 g/mol. The summed E-state index contributed by atoms with van der Waals surface area (Å²) in [6.45, 7) is 6.05. The first-order valence-electron chi connectivity index (χ1n) is 9.74. The van der Waals surface area contributed by atoms with Crippen molar-refractivity contribution in [3.05, 3.63) is 59.7 Å². The summed E-state index contributed by atoms with van der Waals surface area (Å²) >= 11 is 0. The van der Waals surface area contributed by atoms with Gasteiger partial charge in [-0.2, -0.15) is 0 Å². The van der Waals surface area contributed by atoms with E-state index in [4.69, 9.17) is 9.72 Å². The average molecular weight is 375 g/mol. The van der Waals surface area contributed by atoms with E-state index in [1.807, 2.05) is 44.2 Å². The molecule has 1 amide bonds. The molecule has 5 nitrogen and oxygen atoms in total. The number of benzene rings is 2. The molecule has 28 heavy (non-hydrogen) atoms. The van der Waals surface area contributed by atoms with E-state index in [9.17, 15) is 4.79 Å². The summed E-state index contributed by atoms with van der Waals surface area (Å²) in [5, 5.41) is 3.91. The molecular weight excluding hydrogens is 350 g/mol. The second kappa shape index (κ2) is 7.89. The minimum atomic E-state index is -0.183. The second-order valence-corrected chi connectivity index (χ2v) is 7.40. The van der Waals surface area contributed by atoms with Crippen LogP contribution in [0.4, 0.5) is 11.5 Å². The summed E-state index contributed by atoms with van der Waals surface area (Å²) in [5.41, 5.74) is 3.82. The highest BCUT2D eigenvalue weighted by Gasteiger charge is 2.15. The first-order valence-corrected chi connectivity index (χ1v) is 9.74. The van der Waals surface area contributed by atoms with Crippen LogP contribution in [0.3, 0.4) is 0 Å². The molecule has 1 aliphatic heterocycles. The van der Waals surface area contributed by atoms with Crippen LogP contribution in [-0.2, 0) is 4.79 Å². The lowest BCUT2D eigenvalue weighted by Crippen LogP contribution is -2.21. The molecule has 1 aliphatic rings. The summed E-state index contributed by atoms with van der Waals surface area (Å²) in [6, 6.07) is 15.9. The van der Waals surface area contributed by atoms with Crippen molar-refractivity contribution in [3.63, 3.8) is 0 Å². The molecule has 2 aromatic carbocycles. The third-order valence-electron chi connectivity index (χ3n) is 4.96. The van der Waals surface area contributed by atoms with Crippen LogP contribution in [0.5, 0.6) is 5.75 Å². The number of aromatic nitrogens is 1. The minimum Gasteiger partial charge on any atom is -0.481 e. The highest BCUT2D eigenvalue weighted by molar-refractivity contribution is 5.92. The number of pyridine rings is 1. The van der Waals surface area contributed by atoms with Crippen molar-refractivity contribution >= 4 is 28.3 Å². The molecule has 0 bridgehead atoms. The highest BCUT2D eigenvalue weighted by atomic mass is 16.5. The topological polar surface area (TPSA) is 54.5 Å². The average Bonchev–Trinajstić information content (AvgIpc) is 3.20. The van der Waals surface area contributed by atoms with Gasteiger partial charge in [0, 0.05) is 24.2 Å². The molecule has 0 unspecified atom stereocenters. The van der Waals surface area contributed by atoms with Gasteiger partial charge in [-0.1, -0.05) is 18.2 Å². The van der Waals surface area contributed by atoms with Gasteiger partial charge in [-0.15, -0.1) is 0 Å². The summed E-state index contributed by atoms with van der Waals surface area (Å²) in [7, 11) is 0. The van der Waals surface area contributed by atoms with Crippen LogP contribution in [0.2, 0.25) is 0 Å². The standard InChI is InChI=1S/C23H25N3O2/c1-16-12-17(2)14-19(13-16)24-22(27)15-28-20-7-5-6-18-8-9-21(25-23(18)20)26-10-3-4-11-26/h5-9,12-14H,3-4,10-11,15H2,1-2H3,(H,24,27). The van der Waals surface area contributed by atoms with E-state index in [0.29, 0.717) is 5.75 Å². The molecule has 0 spiro atoms. The maximum atomic E-state index is 12.4. The number of nitrogens with zero attached hydrogens (tertiary/aromatic N) is 2. The summed E-state index contributed by atoms with van der Waals surface area (Å²) in [6.07, 6.45) is 2.41. The van der Waals surface area contributed by atoms with Gasteiger partial charge >= 0.3 is 0 Å². The van der Waals surface area contributed by atoms with Crippen molar-refractivity contribution in [1.82, 2.24) is 4.98 Å². The fourth-order valence-electron chi connectivity index (χ4n) is 3.74. The molecule has 0 aliphatic carbocycles. The molecule has 4 rings (SSSR count). The molecule has 144 valence electrons. The Hall–Kier alpha value is -3.08. The number of carbonyl (C=O) groups is 1. The molecule has 0 atom stereocenters. The Balaban J connectivity index is 1.49. The number of hydrogen-bond acceptors (Lipinski definition) is 4. The van der Waals surface area contributed by atoms with Crippen molar-refractivity contribution < 1.29 is 9.53 Å². The van der Waals surface area contributed by atoms with Crippen LogP contribution in [0.25, 0.3) is 10.9 Å². The van der Waals surface area contributed by atoms with Crippen LogP contribution in [-0.4, -0.2) is 30.6 Å². The van der Waals surface area contributed by atoms with E-state index in [0.717, 1.165) is 46.6 Å². The SMILES string of the molecule is Cc1cc(C)cc(NC(=O)COc2cccc3ccc(N4CCCC4)nc23)c1. The Morgan fingerprint density at radius 2 is 1.82 bits per heavy atom. The Kier molecular flexibility index (Phi) is 5.15. The maximum Gasteiger partial charge on any atom is 0.262 e. The number of rotatable bonds is 5. The fourth-order valence-corrected chi connectivity index (χ4v) is 3.74. The van der Waals surface area contributed by atoms with Crippen LogP contribution < -0.4 is 15.0 Å². The number of nitrogens with one attached hydrogen (secondary N) is 1. The maximum absolute atomic E-state index is 12.4. The van der Waals surface area contributed by atoms with Crippen LogP contribution in [0, 0.1) is 13.8 Å². The first-order chi connectivity index (χ1) is 13.6. The van der Waals surface area contributed by atoms with E-state index in [1.54, 1.807) is 0 Å². The Bertz CT molecular complexity index is 990. The third kappa shape index (κ3) is 4.09. The van der Waals surface area contributed by atoms with E-state index >= 15 is 0 Å². The van der Waals surface area contributed by atoms with Crippen molar-refractivity contribution in [2.24, 2.45) is 0 Å². The molecule has 0 radical (unpaired) electrons. The predicted molar refractivity (Wildman–Crippen MR) is 113 cm³/mol. The second-order valence-electron chi connectivity index (χ2n) is 7.40. The number of amides is 1. The number of fused-ring (bicyclic) bond motifs is 1. The lowest BCUT2D eigenvalue weighted by molar-refractivity contribution is -0.118. The van der Waals surface area contributed by atoms with Gasteiger partial charge in [0.05, 0.1) is 0 Å². The summed E-state index contributed by atoms with van der Waals surface area (Å²) in [4.78, 5) is 19.5. The quantitative estimate of drug-likeness (QED) is 0.715. The number of aryl methyl sites for hydroxylation is 2. The molecule has 1 saturated heterocycles. The van der Waals surface area contributed by atoms with E-state index < -0.39 is 0 Å². The molecule has 3 aromatic rings. The van der Waals surface area contributed by atoms with Crippen LogP contribution in [0.15, 0.2) is 48.5 Å². The largest absolute Gasteiger partial charge is 0.481 e. The number of hydrogen-bond donors (Lipinski definition) is 1. The Labute approximate surface area is 165 Å². The van der Waals surface area contributed by atoms with Crippen molar-refractivity contribution in [1.29, 1.82) is 0 Å². The van der Waals surface area contributed by atoms with Gasteiger partial charge in [0.15, 0.2) is 6.61 Å². The van der Waals surface area contributed by atoms with E-state index in [1.165, 1.54) is 12.8 Å². The highest BCUT2D eigenvalue weighted by Crippen LogP contribution is 2.28. The Morgan fingerprint density at radius 1 is 1.07 bits per heavy atom. The van der Waals surface area contributed by atoms with Crippen LogP contribution in [0.1, 0.15) is 24.0 Å². The molecule has 0 saturated carbocycles. The van der Waals surface area contributed by atoms with Gasteiger partial charge in [-0.25, -0.2) is 4.98 Å². The zero-order valence-corrected chi connectivity index (χ0v) is 16.4. The number of ether oxygens (including phenoxy) is 1. The normalized spacial score (nSPS) is 13.7. The number of anilines is 2. The van der Waals surface area contributed by atoms with Gasteiger partial charge in [0.2, 0.25) is 0 Å². The smallest absolute Gasteiger partial charge is 0.262 e. The van der Waals surface area contributed by atoms with Crippen LogP contribution >= 0.6 is 0 Å². The zero-order chi connectivity index (χ0) is 19.5. The van der Waals surface area contributed by atoms with Crippen molar-refractivity contribution in [2.45, 2.75) is 26.7 Å².